The number of halogens is 2. The van der Waals surface area contributed by atoms with Crippen molar-refractivity contribution < 1.29 is 9.18 Å². The summed E-state index contributed by atoms with van der Waals surface area (Å²) in [6, 6.07) is 8.82. The maximum absolute atomic E-state index is 13.1. The average Bonchev–Trinajstić information content (AvgIpc) is 2.43. The zero-order valence-electron chi connectivity index (χ0n) is 10.8. The van der Waals surface area contributed by atoms with E-state index in [9.17, 15) is 9.18 Å². The second-order valence-corrected chi connectivity index (χ2v) is 4.42. The van der Waals surface area contributed by atoms with Crippen LogP contribution in [0.15, 0.2) is 36.4 Å². The van der Waals surface area contributed by atoms with Crippen molar-refractivity contribution in [3.8, 4) is 0 Å². The topological polar surface area (TPSA) is 54.0 Å². The molecule has 0 fully saturated rings. The number of carbonyl (C=O) groups is 1. The number of nitrogens with one attached hydrogen (secondary N) is 2. The van der Waals surface area contributed by atoms with E-state index in [0.717, 1.165) is 6.07 Å². The molecule has 1 heterocycles. The van der Waals surface area contributed by atoms with Gasteiger partial charge in [-0.3, -0.25) is 4.79 Å². The Labute approximate surface area is 121 Å². The minimum atomic E-state index is -0.473. The molecule has 0 aliphatic carbocycles. The molecular weight excluding hydrogens is 281 g/mol. The molecule has 104 valence electrons. The van der Waals surface area contributed by atoms with Gasteiger partial charge in [-0.1, -0.05) is 17.7 Å². The first kappa shape index (κ1) is 14.3. The number of amides is 1. The zero-order chi connectivity index (χ0) is 14.5. The van der Waals surface area contributed by atoms with Crippen LogP contribution in [-0.2, 0) is 0 Å². The molecule has 0 unspecified atom stereocenters. The highest BCUT2D eigenvalue weighted by Crippen LogP contribution is 2.23. The highest BCUT2D eigenvalue weighted by Gasteiger charge is 2.11. The number of benzene rings is 1. The number of hydrogen-bond acceptors (Lipinski definition) is 3. The van der Waals surface area contributed by atoms with Crippen molar-refractivity contribution in [1.29, 1.82) is 0 Å². The predicted molar refractivity (Wildman–Crippen MR) is 77.8 cm³/mol. The third kappa shape index (κ3) is 3.45. The van der Waals surface area contributed by atoms with Crippen LogP contribution in [0.4, 0.5) is 15.9 Å². The Kier molecular flexibility index (Phi) is 4.53. The van der Waals surface area contributed by atoms with E-state index in [-0.39, 0.29) is 16.4 Å². The van der Waals surface area contributed by atoms with Crippen molar-refractivity contribution >= 4 is 29.0 Å². The Morgan fingerprint density at radius 1 is 1.35 bits per heavy atom. The molecule has 0 atom stereocenters. The highest BCUT2D eigenvalue weighted by atomic mass is 35.5. The zero-order valence-corrected chi connectivity index (χ0v) is 11.5. The van der Waals surface area contributed by atoms with Crippen LogP contribution in [0.2, 0.25) is 5.02 Å². The fourth-order valence-corrected chi connectivity index (χ4v) is 1.79. The summed E-state index contributed by atoms with van der Waals surface area (Å²) in [5.74, 6) is -0.318. The van der Waals surface area contributed by atoms with Gasteiger partial charge >= 0.3 is 0 Å². The van der Waals surface area contributed by atoms with Crippen molar-refractivity contribution in [2.45, 2.75) is 6.92 Å². The minimum absolute atomic E-state index is 0.215. The van der Waals surface area contributed by atoms with Gasteiger partial charge in [0.25, 0.3) is 5.91 Å². The lowest BCUT2D eigenvalue weighted by Crippen LogP contribution is -2.15. The molecule has 20 heavy (non-hydrogen) atoms. The molecule has 0 saturated carbocycles. The molecule has 2 aromatic rings. The van der Waals surface area contributed by atoms with Crippen LogP contribution < -0.4 is 10.6 Å². The Bertz CT molecular complexity index is 634. The van der Waals surface area contributed by atoms with Gasteiger partial charge in [0.15, 0.2) is 0 Å². The highest BCUT2D eigenvalue weighted by molar-refractivity contribution is 6.33. The van der Waals surface area contributed by atoms with Gasteiger partial charge in [0.1, 0.15) is 17.3 Å². The van der Waals surface area contributed by atoms with E-state index in [4.69, 9.17) is 11.6 Å². The third-order valence-electron chi connectivity index (χ3n) is 2.52. The summed E-state index contributed by atoms with van der Waals surface area (Å²) in [5.41, 5.74) is 0.441. The summed E-state index contributed by atoms with van der Waals surface area (Å²) in [6.07, 6.45) is 0. The normalized spacial score (nSPS) is 10.2. The van der Waals surface area contributed by atoms with Crippen LogP contribution >= 0.6 is 11.6 Å². The van der Waals surface area contributed by atoms with Gasteiger partial charge in [-0.25, -0.2) is 9.37 Å². The number of nitrogens with zero attached hydrogens (tertiary/aromatic N) is 1. The molecule has 1 aromatic heterocycles. The van der Waals surface area contributed by atoms with Crippen LogP contribution in [0.3, 0.4) is 0 Å². The third-order valence-corrected chi connectivity index (χ3v) is 2.85. The van der Waals surface area contributed by atoms with Crippen molar-refractivity contribution in [3.63, 3.8) is 0 Å². The molecule has 0 saturated heterocycles. The number of carbonyl (C=O) groups excluding carboxylic acids is 1. The molecule has 1 amide bonds. The summed E-state index contributed by atoms with van der Waals surface area (Å²) in [4.78, 5) is 16.2. The van der Waals surface area contributed by atoms with E-state index in [1.54, 1.807) is 18.2 Å². The van der Waals surface area contributed by atoms with Crippen LogP contribution in [0.1, 0.15) is 17.4 Å². The van der Waals surface area contributed by atoms with Gasteiger partial charge < -0.3 is 10.6 Å². The van der Waals surface area contributed by atoms with E-state index in [0.29, 0.717) is 12.4 Å². The first-order valence-corrected chi connectivity index (χ1v) is 6.45. The molecule has 0 spiro atoms. The van der Waals surface area contributed by atoms with E-state index in [1.807, 2.05) is 6.92 Å². The SMILES string of the molecule is CCNc1cccc(C(=O)Nc2cc(F)ccc2Cl)n1. The van der Waals surface area contributed by atoms with Crippen LogP contribution in [-0.4, -0.2) is 17.4 Å². The largest absolute Gasteiger partial charge is 0.370 e. The Morgan fingerprint density at radius 3 is 2.90 bits per heavy atom. The Morgan fingerprint density at radius 2 is 2.15 bits per heavy atom. The first-order chi connectivity index (χ1) is 9.60. The summed E-state index contributed by atoms with van der Waals surface area (Å²) in [7, 11) is 0. The molecule has 2 N–H and O–H groups in total. The summed E-state index contributed by atoms with van der Waals surface area (Å²) < 4.78 is 13.1. The number of pyridine rings is 1. The molecule has 0 aliphatic rings. The summed E-state index contributed by atoms with van der Waals surface area (Å²) in [6.45, 7) is 2.63. The van der Waals surface area contributed by atoms with Crippen molar-refractivity contribution in [3.05, 3.63) is 52.9 Å². The lowest BCUT2D eigenvalue weighted by atomic mass is 10.2. The maximum Gasteiger partial charge on any atom is 0.274 e. The van der Waals surface area contributed by atoms with E-state index in [1.165, 1.54) is 12.1 Å². The molecule has 0 radical (unpaired) electrons. The molecule has 0 aliphatic heterocycles. The monoisotopic (exact) mass is 293 g/mol. The standard InChI is InChI=1S/C14H13ClFN3O/c1-2-17-13-5-3-4-11(18-13)14(20)19-12-8-9(16)6-7-10(12)15/h3-8H,2H2,1H3,(H,17,18)(H,19,20). The molecule has 4 nitrogen and oxygen atoms in total. The second kappa shape index (κ2) is 6.34. The number of anilines is 2. The Balaban J connectivity index is 2.19. The quantitative estimate of drug-likeness (QED) is 0.906. The number of hydrogen-bond donors (Lipinski definition) is 2. The minimum Gasteiger partial charge on any atom is -0.370 e. The Hall–Kier alpha value is -2.14. The molecule has 1 aromatic carbocycles. The smallest absolute Gasteiger partial charge is 0.274 e. The summed E-state index contributed by atoms with van der Waals surface area (Å²) >= 11 is 5.89. The molecular formula is C14H13ClFN3O. The van der Waals surface area contributed by atoms with Crippen molar-refractivity contribution in [1.82, 2.24) is 4.98 Å². The van der Waals surface area contributed by atoms with Crippen LogP contribution in [0.25, 0.3) is 0 Å². The maximum atomic E-state index is 13.1. The van der Waals surface area contributed by atoms with Gasteiger partial charge in [-0.15, -0.1) is 0 Å². The van der Waals surface area contributed by atoms with Gasteiger partial charge in [0.05, 0.1) is 10.7 Å². The van der Waals surface area contributed by atoms with E-state index in [2.05, 4.69) is 15.6 Å². The number of rotatable bonds is 4. The lowest BCUT2D eigenvalue weighted by molar-refractivity contribution is 0.102. The molecule has 2 rings (SSSR count). The molecule has 0 bridgehead atoms. The van der Waals surface area contributed by atoms with E-state index >= 15 is 0 Å². The lowest BCUT2D eigenvalue weighted by Gasteiger charge is -2.08. The van der Waals surface area contributed by atoms with Gasteiger partial charge in [0, 0.05) is 6.54 Å². The number of aromatic nitrogens is 1. The first-order valence-electron chi connectivity index (χ1n) is 6.07. The fraction of sp³-hybridized carbons (Fsp3) is 0.143. The predicted octanol–water partition coefficient (Wildman–Crippen LogP) is 3.56. The average molecular weight is 294 g/mol. The van der Waals surface area contributed by atoms with Gasteiger partial charge in [-0.05, 0) is 37.3 Å². The molecule has 6 heteroatoms. The van der Waals surface area contributed by atoms with Gasteiger partial charge in [-0.2, -0.15) is 0 Å². The summed E-state index contributed by atoms with van der Waals surface area (Å²) in [5, 5.41) is 5.81. The van der Waals surface area contributed by atoms with E-state index < -0.39 is 11.7 Å². The fourth-order valence-electron chi connectivity index (χ4n) is 1.62. The van der Waals surface area contributed by atoms with Crippen molar-refractivity contribution in [2.75, 3.05) is 17.2 Å². The van der Waals surface area contributed by atoms with Crippen molar-refractivity contribution in [2.24, 2.45) is 0 Å². The second-order valence-electron chi connectivity index (χ2n) is 4.02. The van der Waals surface area contributed by atoms with Crippen LogP contribution in [0.5, 0.6) is 0 Å². The van der Waals surface area contributed by atoms with Crippen LogP contribution in [0, 0.1) is 5.82 Å². The van der Waals surface area contributed by atoms with Gasteiger partial charge in [0.2, 0.25) is 0 Å².